The van der Waals surface area contributed by atoms with Gasteiger partial charge in [-0.1, -0.05) is 0 Å². The van der Waals surface area contributed by atoms with Crippen LogP contribution in [0.2, 0.25) is 0 Å². The van der Waals surface area contributed by atoms with Crippen LogP contribution in [-0.4, -0.2) is 55.4 Å². The number of fused-ring (bicyclic) bond motifs is 1. The van der Waals surface area contributed by atoms with Crippen LogP contribution in [0, 0.1) is 35.0 Å². The molecule has 8 nitrogen and oxygen atoms in total. The van der Waals surface area contributed by atoms with Crippen molar-refractivity contribution in [1.82, 2.24) is 14.9 Å². The Hall–Kier alpha value is -2.92. The van der Waals surface area contributed by atoms with E-state index >= 15 is 0 Å². The SMILES string of the molecule is N#Cc1ccc2nc(NC3CCN(C(=O)O)[C@@H]3C3C4CC5C[C@H]3C[C@@](O)(C5)C4)cnc2c1. The van der Waals surface area contributed by atoms with Crippen LogP contribution in [0.15, 0.2) is 24.4 Å². The summed E-state index contributed by atoms with van der Waals surface area (Å²) in [7, 11) is 0. The number of nitrogens with one attached hydrogen (secondary N) is 1. The van der Waals surface area contributed by atoms with E-state index in [-0.39, 0.29) is 18.0 Å². The number of amides is 1. The fraction of sp³-hybridized carbons (Fsp3) is 0.583. The van der Waals surface area contributed by atoms with E-state index in [1.54, 1.807) is 29.3 Å². The number of nitriles is 1. The lowest BCUT2D eigenvalue weighted by atomic mass is 9.48. The van der Waals surface area contributed by atoms with Gasteiger partial charge in [-0.05, 0) is 80.4 Å². The molecule has 1 aromatic carbocycles. The van der Waals surface area contributed by atoms with Crippen LogP contribution in [0.3, 0.4) is 0 Å². The Balaban J connectivity index is 1.30. The second-order valence-corrected chi connectivity index (χ2v) is 10.3. The Bertz CT molecular complexity index is 1110. The highest BCUT2D eigenvalue weighted by molar-refractivity contribution is 5.77. The molecule has 8 heteroatoms. The van der Waals surface area contributed by atoms with Crippen LogP contribution < -0.4 is 5.32 Å². The minimum absolute atomic E-state index is 0.0339. The van der Waals surface area contributed by atoms with Crippen LogP contribution in [0.25, 0.3) is 11.0 Å². The van der Waals surface area contributed by atoms with Gasteiger partial charge in [0.15, 0.2) is 0 Å². The number of carbonyl (C=O) groups is 1. The molecular formula is C24H27N5O3. The number of likely N-dealkylation sites (tertiary alicyclic amines) is 1. The molecule has 2 heterocycles. The van der Waals surface area contributed by atoms with E-state index in [0.29, 0.717) is 46.7 Å². The molecule has 3 N–H and O–H groups in total. The largest absolute Gasteiger partial charge is 0.465 e. The molecule has 4 saturated carbocycles. The fourth-order valence-electron chi connectivity index (χ4n) is 7.59. The number of nitrogens with zero attached hydrogens (tertiary/aromatic N) is 4. The Morgan fingerprint density at radius 1 is 1.22 bits per heavy atom. The molecule has 1 amide bonds. The number of benzene rings is 1. The molecule has 1 saturated heterocycles. The van der Waals surface area contributed by atoms with Crippen LogP contribution >= 0.6 is 0 Å². The summed E-state index contributed by atoms with van der Waals surface area (Å²) in [6.45, 7) is 0.508. The van der Waals surface area contributed by atoms with Gasteiger partial charge in [0.05, 0.1) is 46.5 Å². The van der Waals surface area contributed by atoms with E-state index in [9.17, 15) is 15.0 Å². The van der Waals surface area contributed by atoms with Gasteiger partial charge in [0, 0.05) is 6.54 Å². The molecule has 1 aromatic heterocycles. The van der Waals surface area contributed by atoms with Crippen LogP contribution in [0.1, 0.15) is 44.1 Å². The quantitative estimate of drug-likeness (QED) is 0.679. The van der Waals surface area contributed by atoms with Gasteiger partial charge in [-0.25, -0.2) is 9.78 Å². The second-order valence-electron chi connectivity index (χ2n) is 10.3. The average Bonchev–Trinajstić information content (AvgIpc) is 3.15. The third-order valence-corrected chi connectivity index (χ3v) is 8.41. The maximum Gasteiger partial charge on any atom is 0.407 e. The lowest BCUT2D eigenvalue weighted by molar-refractivity contribution is -0.162. The van der Waals surface area contributed by atoms with Crippen molar-refractivity contribution in [2.45, 2.75) is 56.2 Å². The molecule has 5 aliphatic rings. The van der Waals surface area contributed by atoms with E-state index in [1.165, 1.54) is 0 Å². The Labute approximate surface area is 186 Å². The number of hydrogen-bond donors (Lipinski definition) is 3. The van der Waals surface area contributed by atoms with Crippen molar-refractivity contribution in [2.75, 3.05) is 11.9 Å². The van der Waals surface area contributed by atoms with Crippen molar-refractivity contribution >= 4 is 22.9 Å². The maximum absolute atomic E-state index is 12.1. The molecule has 4 bridgehead atoms. The van der Waals surface area contributed by atoms with Gasteiger partial charge >= 0.3 is 6.09 Å². The summed E-state index contributed by atoms with van der Waals surface area (Å²) in [5.41, 5.74) is 1.38. The lowest BCUT2D eigenvalue weighted by Crippen LogP contribution is -2.61. The molecule has 4 unspecified atom stereocenters. The number of hydrogen-bond acceptors (Lipinski definition) is 6. The molecule has 7 rings (SSSR count). The zero-order valence-electron chi connectivity index (χ0n) is 17.8. The van der Waals surface area contributed by atoms with E-state index in [0.717, 1.165) is 38.5 Å². The molecule has 4 aliphatic carbocycles. The van der Waals surface area contributed by atoms with E-state index in [1.807, 2.05) is 0 Å². The average molecular weight is 434 g/mol. The second kappa shape index (κ2) is 7.04. The molecule has 166 valence electrons. The molecule has 0 spiro atoms. The number of aliphatic hydroxyl groups is 1. The summed E-state index contributed by atoms with van der Waals surface area (Å²) < 4.78 is 0. The molecule has 1 aliphatic heterocycles. The first-order chi connectivity index (χ1) is 15.4. The summed E-state index contributed by atoms with van der Waals surface area (Å²) in [4.78, 5) is 22.9. The number of aromatic nitrogens is 2. The van der Waals surface area contributed by atoms with Crippen molar-refractivity contribution in [3.63, 3.8) is 0 Å². The summed E-state index contributed by atoms with van der Waals surface area (Å²) in [5.74, 6) is 2.26. The zero-order valence-corrected chi connectivity index (χ0v) is 17.8. The standard InChI is InChI=1S/C24H27N5O3/c25-11-13-1-2-17-19(7-13)26-12-20(27-17)28-18-3-4-29(23(30)31)22(18)21-15-5-14-6-16(21)10-24(32,8-14)9-15/h1-2,7,12,14-16,18,21-22,32H,3-6,8-10H2,(H,27,28)(H,30,31)/t14?,15-,16?,18?,21?,22-,24-/m0/s1. The first-order valence-electron chi connectivity index (χ1n) is 11.6. The molecule has 7 atom stereocenters. The van der Waals surface area contributed by atoms with Crippen LogP contribution in [0.4, 0.5) is 10.6 Å². The van der Waals surface area contributed by atoms with Gasteiger partial charge in [-0.3, -0.25) is 4.98 Å². The Kier molecular flexibility index (Phi) is 4.34. The minimum Gasteiger partial charge on any atom is -0.465 e. The Morgan fingerprint density at radius 2 is 2.00 bits per heavy atom. The first kappa shape index (κ1) is 19.7. The molecule has 0 radical (unpaired) electrons. The van der Waals surface area contributed by atoms with Crippen LogP contribution in [0.5, 0.6) is 0 Å². The van der Waals surface area contributed by atoms with Gasteiger partial charge in [0.25, 0.3) is 0 Å². The van der Waals surface area contributed by atoms with Crippen molar-refractivity contribution in [3.8, 4) is 6.07 Å². The third kappa shape index (κ3) is 3.10. The molecule has 2 aromatic rings. The number of rotatable bonds is 3. The number of carboxylic acid groups (broad SMARTS) is 1. The van der Waals surface area contributed by atoms with Crippen molar-refractivity contribution in [3.05, 3.63) is 30.0 Å². The van der Waals surface area contributed by atoms with Gasteiger partial charge in [0.2, 0.25) is 0 Å². The van der Waals surface area contributed by atoms with Gasteiger partial charge in [-0.15, -0.1) is 0 Å². The topological polar surface area (TPSA) is 122 Å². The van der Waals surface area contributed by atoms with E-state index < -0.39 is 11.7 Å². The van der Waals surface area contributed by atoms with E-state index in [4.69, 9.17) is 5.26 Å². The minimum atomic E-state index is -0.861. The van der Waals surface area contributed by atoms with Crippen LogP contribution in [-0.2, 0) is 0 Å². The summed E-state index contributed by atoms with van der Waals surface area (Å²) in [5, 5.41) is 33.5. The summed E-state index contributed by atoms with van der Waals surface area (Å²) >= 11 is 0. The Morgan fingerprint density at radius 3 is 2.69 bits per heavy atom. The normalized spacial score (nSPS) is 37.6. The first-order valence-corrected chi connectivity index (χ1v) is 11.6. The highest BCUT2D eigenvalue weighted by Gasteiger charge is 2.59. The third-order valence-electron chi connectivity index (χ3n) is 8.41. The van der Waals surface area contributed by atoms with Gasteiger partial charge in [-0.2, -0.15) is 5.26 Å². The lowest BCUT2D eigenvalue weighted by Gasteiger charge is -2.60. The predicted octanol–water partition coefficient (Wildman–Crippen LogP) is 3.22. The highest BCUT2D eigenvalue weighted by atomic mass is 16.4. The predicted molar refractivity (Wildman–Crippen MR) is 117 cm³/mol. The van der Waals surface area contributed by atoms with Crippen molar-refractivity contribution in [2.24, 2.45) is 23.7 Å². The zero-order chi connectivity index (χ0) is 22.0. The molecular weight excluding hydrogens is 406 g/mol. The monoisotopic (exact) mass is 433 g/mol. The summed E-state index contributed by atoms with van der Waals surface area (Å²) in [6.07, 6.45) is 6.28. The highest BCUT2D eigenvalue weighted by Crippen LogP contribution is 2.60. The van der Waals surface area contributed by atoms with E-state index in [2.05, 4.69) is 21.4 Å². The summed E-state index contributed by atoms with van der Waals surface area (Å²) in [6, 6.07) is 7.20. The molecule has 5 fully saturated rings. The van der Waals surface area contributed by atoms with Crippen molar-refractivity contribution < 1.29 is 15.0 Å². The van der Waals surface area contributed by atoms with Gasteiger partial charge in [0.1, 0.15) is 5.82 Å². The molecule has 32 heavy (non-hydrogen) atoms. The fourth-order valence-corrected chi connectivity index (χ4v) is 7.59. The van der Waals surface area contributed by atoms with Crippen molar-refractivity contribution in [1.29, 1.82) is 5.26 Å². The maximum atomic E-state index is 12.1. The van der Waals surface area contributed by atoms with Gasteiger partial charge < -0.3 is 20.4 Å². The number of anilines is 1. The smallest absolute Gasteiger partial charge is 0.407 e.